The Kier molecular flexibility index (Phi) is 3.69. The SMILES string of the molecule is NC(=S)c1ccc(NC(=O)c2ccccc2)cc1. The smallest absolute Gasteiger partial charge is 0.255 e. The van der Waals surface area contributed by atoms with Gasteiger partial charge in [-0.3, -0.25) is 4.79 Å². The molecule has 0 unspecified atom stereocenters. The minimum absolute atomic E-state index is 0.140. The number of anilines is 1. The highest BCUT2D eigenvalue weighted by Crippen LogP contribution is 2.11. The highest BCUT2D eigenvalue weighted by atomic mass is 32.1. The summed E-state index contributed by atoms with van der Waals surface area (Å²) in [7, 11) is 0. The van der Waals surface area contributed by atoms with E-state index in [0.717, 1.165) is 5.56 Å². The van der Waals surface area contributed by atoms with Crippen molar-refractivity contribution < 1.29 is 4.79 Å². The molecular formula is C14H12N2OS. The zero-order valence-corrected chi connectivity index (χ0v) is 10.4. The molecule has 3 N–H and O–H groups in total. The molecule has 2 aromatic rings. The molecule has 2 rings (SSSR count). The molecule has 0 aromatic heterocycles. The Balaban J connectivity index is 2.10. The molecule has 0 heterocycles. The number of nitrogens with two attached hydrogens (primary N) is 1. The fourth-order valence-electron chi connectivity index (χ4n) is 1.51. The maximum absolute atomic E-state index is 11.9. The van der Waals surface area contributed by atoms with Crippen molar-refractivity contribution in [3.63, 3.8) is 0 Å². The van der Waals surface area contributed by atoms with E-state index in [-0.39, 0.29) is 5.91 Å². The van der Waals surface area contributed by atoms with Crippen molar-refractivity contribution >= 4 is 28.8 Å². The number of thiocarbonyl (C=S) groups is 1. The van der Waals surface area contributed by atoms with Gasteiger partial charge in [0, 0.05) is 16.8 Å². The molecule has 90 valence electrons. The first-order valence-corrected chi connectivity index (χ1v) is 5.84. The number of carbonyl (C=O) groups excluding carboxylic acids is 1. The van der Waals surface area contributed by atoms with Crippen LogP contribution in [0.25, 0.3) is 0 Å². The molecule has 0 aliphatic heterocycles. The number of benzene rings is 2. The number of carbonyl (C=O) groups is 1. The van der Waals surface area contributed by atoms with E-state index in [0.29, 0.717) is 16.2 Å². The predicted molar refractivity (Wildman–Crippen MR) is 76.7 cm³/mol. The molecule has 0 aliphatic rings. The van der Waals surface area contributed by atoms with E-state index in [2.05, 4.69) is 5.32 Å². The van der Waals surface area contributed by atoms with E-state index in [1.807, 2.05) is 18.2 Å². The Bertz CT molecular complexity index is 564. The molecular weight excluding hydrogens is 244 g/mol. The summed E-state index contributed by atoms with van der Waals surface area (Å²) >= 11 is 4.86. The van der Waals surface area contributed by atoms with Crippen molar-refractivity contribution in [1.82, 2.24) is 0 Å². The molecule has 0 spiro atoms. The molecule has 18 heavy (non-hydrogen) atoms. The Morgan fingerprint density at radius 3 is 2.11 bits per heavy atom. The Morgan fingerprint density at radius 2 is 1.56 bits per heavy atom. The van der Waals surface area contributed by atoms with Crippen molar-refractivity contribution in [2.45, 2.75) is 0 Å². The van der Waals surface area contributed by atoms with Gasteiger partial charge >= 0.3 is 0 Å². The summed E-state index contributed by atoms with van der Waals surface area (Å²) in [4.78, 5) is 12.2. The zero-order valence-electron chi connectivity index (χ0n) is 9.59. The number of nitrogens with one attached hydrogen (secondary N) is 1. The van der Waals surface area contributed by atoms with Crippen molar-refractivity contribution in [3.05, 3.63) is 65.7 Å². The summed E-state index contributed by atoms with van der Waals surface area (Å²) in [5.74, 6) is -0.140. The fourth-order valence-corrected chi connectivity index (χ4v) is 1.65. The standard InChI is InChI=1S/C14H12N2OS/c15-13(18)10-6-8-12(9-7-10)16-14(17)11-4-2-1-3-5-11/h1-9H,(H2,15,18)(H,16,17). The minimum atomic E-state index is -0.140. The second-order valence-electron chi connectivity index (χ2n) is 3.76. The van der Waals surface area contributed by atoms with Gasteiger partial charge in [0.05, 0.1) is 0 Å². The number of hydrogen-bond acceptors (Lipinski definition) is 2. The van der Waals surface area contributed by atoms with Crippen LogP contribution >= 0.6 is 12.2 Å². The van der Waals surface area contributed by atoms with Crippen LogP contribution in [0.4, 0.5) is 5.69 Å². The minimum Gasteiger partial charge on any atom is -0.389 e. The molecule has 0 saturated heterocycles. The monoisotopic (exact) mass is 256 g/mol. The summed E-state index contributed by atoms with van der Waals surface area (Å²) in [6.45, 7) is 0. The lowest BCUT2D eigenvalue weighted by Gasteiger charge is -2.06. The molecule has 4 heteroatoms. The van der Waals surface area contributed by atoms with E-state index in [4.69, 9.17) is 18.0 Å². The Morgan fingerprint density at radius 1 is 0.944 bits per heavy atom. The van der Waals surface area contributed by atoms with Crippen molar-refractivity contribution in [2.75, 3.05) is 5.32 Å². The first-order valence-electron chi connectivity index (χ1n) is 5.43. The predicted octanol–water partition coefficient (Wildman–Crippen LogP) is 2.57. The molecule has 2 aromatic carbocycles. The molecule has 0 saturated carbocycles. The molecule has 0 atom stereocenters. The largest absolute Gasteiger partial charge is 0.389 e. The Labute approximate surface area is 111 Å². The highest BCUT2D eigenvalue weighted by molar-refractivity contribution is 7.80. The third-order valence-corrected chi connectivity index (χ3v) is 2.70. The molecule has 0 aliphatic carbocycles. The first-order chi connectivity index (χ1) is 8.66. The fraction of sp³-hybridized carbons (Fsp3) is 0. The second kappa shape index (κ2) is 5.42. The van der Waals surface area contributed by atoms with Crippen LogP contribution in [0.1, 0.15) is 15.9 Å². The van der Waals surface area contributed by atoms with Crippen LogP contribution in [0.5, 0.6) is 0 Å². The van der Waals surface area contributed by atoms with Gasteiger partial charge in [-0.15, -0.1) is 0 Å². The molecule has 0 bridgehead atoms. The lowest BCUT2D eigenvalue weighted by atomic mass is 10.2. The van der Waals surface area contributed by atoms with Crippen LogP contribution in [-0.2, 0) is 0 Å². The average Bonchev–Trinajstić information content (AvgIpc) is 2.40. The number of rotatable bonds is 3. The van der Waals surface area contributed by atoms with Gasteiger partial charge in [0.15, 0.2) is 0 Å². The summed E-state index contributed by atoms with van der Waals surface area (Å²) in [6, 6.07) is 16.2. The van der Waals surface area contributed by atoms with Crippen molar-refractivity contribution in [1.29, 1.82) is 0 Å². The van der Waals surface area contributed by atoms with Crippen LogP contribution in [-0.4, -0.2) is 10.9 Å². The van der Waals surface area contributed by atoms with E-state index in [1.165, 1.54) is 0 Å². The van der Waals surface area contributed by atoms with Gasteiger partial charge in [0.1, 0.15) is 4.99 Å². The highest BCUT2D eigenvalue weighted by Gasteiger charge is 2.04. The molecule has 0 radical (unpaired) electrons. The molecule has 1 amide bonds. The van der Waals surface area contributed by atoms with Gasteiger partial charge in [-0.05, 0) is 36.4 Å². The van der Waals surface area contributed by atoms with Gasteiger partial charge in [0.2, 0.25) is 0 Å². The van der Waals surface area contributed by atoms with Gasteiger partial charge < -0.3 is 11.1 Å². The number of amides is 1. The lowest BCUT2D eigenvalue weighted by Crippen LogP contribution is -2.12. The summed E-state index contributed by atoms with van der Waals surface area (Å²) in [6.07, 6.45) is 0. The van der Waals surface area contributed by atoms with E-state index in [1.54, 1.807) is 36.4 Å². The third kappa shape index (κ3) is 2.93. The van der Waals surface area contributed by atoms with Gasteiger partial charge in [-0.25, -0.2) is 0 Å². The van der Waals surface area contributed by atoms with E-state index < -0.39 is 0 Å². The van der Waals surface area contributed by atoms with Gasteiger partial charge in [-0.2, -0.15) is 0 Å². The summed E-state index contributed by atoms with van der Waals surface area (Å²) in [5, 5.41) is 2.80. The summed E-state index contributed by atoms with van der Waals surface area (Å²) in [5.41, 5.74) is 7.61. The van der Waals surface area contributed by atoms with Crippen LogP contribution in [0.3, 0.4) is 0 Å². The average molecular weight is 256 g/mol. The van der Waals surface area contributed by atoms with Crippen molar-refractivity contribution in [2.24, 2.45) is 5.73 Å². The maximum Gasteiger partial charge on any atom is 0.255 e. The number of hydrogen-bond donors (Lipinski definition) is 2. The van der Waals surface area contributed by atoms with E-state index >= 15 is 0 Å². The normalized spacial score (nSPS) is 9.78. The zero-order chi connectivity index (χ0) is 13.0. The molecule has 3 nitrogen and oxygen atoms in total. The lowest BCUT2D eigenvalue weighted by molar-refractivity contribution is 0.102. The van der Waals surface area contributed by atoms with Crippen LogP contribution in [0, 0.1) is 0 Å². The van der Waals surface area contributed by atoms with E-state index in [9.17, 15) is 4.79 Å². The first kappa shape index (κ1) is 12.3. The van der Waals surface area contributed by atoms with Crippen LogP contribution in [0.15, 0.2) is 54.6 Å². The summed E-state index contributed by atoms with van der Waals surface area (Å²) < 4.78 is 0. The van der Waals surface area contributed by atoms with Crippen molar-refractivity contribution in [3.8, 4) is 0 Å². The maximum atomic E-state index is 11.9. The molecule has 0 fully saturated rings. The third-order valence-electron chi connectivity index (χ3n) is 2.46. The Hall–Kier alpha value is -2.20. The second-order valence-corrected chi connectivity index (χ2v) is 4.20. The van der Waals surface area contributed by atoms with Gasteiger partial charge in [0.25, 0.3) is 5.91 Å². The van der Waals surface area contributed by atoms with Crippen LogP contribution in [0.2, 0.25) is 0 Å². The van der Waals surface area contributed by atoms with Crippen LogP contribution < -0.4 is 11.1 Å². The quantitative estimate of drug-likeness (QED) is 0.830. The topological polar surface area (TPSA) is 55.1 Å². The van der Waals surface area contributed by atoms with Gasteiger partial charge in [-0.1, -0.05) is 30.4 Å².